The molecule has 0 amide bonds. The van der Waals surface area contributed by atoms with Crippen LogP contribution in [0.1, 0.15) is 77.8 Å². The molecule has 4 nitrogen and oxygen atoms in total. The minimum Gasteiger partial charge on any atom is -0.479 e. The lowest BCUT2D eigenvalue weighted by atomic mass is 9.77. The SMILES string of the molecule is CCCC(OC(C)(C)C)(C(=O)O)C1=C(C)NC2=C3CCCC3SC2=C1c1ccc(C)cc1. The summed E-state index contributed by atoms with van der Waals surface area (Å²) in [6, 6.07) is 8.47. The number of aliphatic carboxylic acids is 1. The highest BCUT2D eigenvalue weighted by Crippen LogP contribution is 2.56. The number of ether oxygens (including phenoxy) is 1. The summed E-state index contributed by atoms with van der Waals surface area (Å²) < 4.78 is 6.50. The third kappa shape index (κ3) is 3.94. The van der Waals surface area contributed by atoms with Crippen LogP contribution in [0.25, 0.3) is 5.57 Å². The van der Waals surface area contributed by atoms with Crippen molar-refractivity contribution in [2.45, 2.75) is 90.1 Å². The first-order valence-corrected chi connectivity index (χ1v) is 12.6. The van der Waals surface area contributed by atoms with Crippen LogP contribution in [0, 0.1) is 6.92 Å². The number of dihydropyridines is 1. The lowest BCUT2D eigenvalue weighted by Gasteiger charge is -2.42. The molecule has 0 bridgehead atoms. The molecule has 2 unspecified atom stereocenters. The van der Waals surface area contributed by atoms with Crippen molar-refractivity contribution in [2.24, 2.45) is 0 Å². The first kappa shape index (κ1) is 23.2. The van der Waals surface area contributed by atoms with E-state index in [2.05, 4.69) is 36.5 Å². The second-order valence-electron chi connectivity index (χ2n) is 10.2. The van der Waals surface area contributed by atoms with Gasteiger partial charge in [0.25, 0.3) is 0 Å². The Labute approximate surface area is 196 Å². The van der Waals surface area contributed by atoms with E-state index in [1.807, 2.05) is 46.4 Å². The third-order valence-corrected chi connectivity index (χ3v) is 7.89. The zero-order valence-electron chi connectivity index (χ0n) is 20.1. The Morgan fingerprint density at radius 2 is 1.91 bits per heavy atom. The number of allylic oxidation sites excluding steroid dienone is 1. The minimum absolute atomic E-state index is 0.413. The van der Waals surface area contributed by atoms with Crippen molar-refractivity contribution in [2.75, 3.05) is 0 Å². The molecular formula is C27H35NO3S. The van der Waals surface area contributed by atoms with Crippen molar-refractivity contribution in [3.05, 3.63) is 62.8 Å². The molecule has 2 heterocycles. The van der Waals surface area contributed by atoms with Crippen LogP contribution >= 0.6 is 11.8 Å². The zero-order chi connectivity index (χ0) is 23.3. The summed E-state index contributed by atoms with van der Waals surface area (Å²) in [6.45, 7) is 11.9. The van der Waals surface area contributed by atoms with Crippen molar-refractivity contribution in [1.82, 2.24) is 5.32 Å². The van der Waals surface area contributed by atoms with Gasteiger partial charge in [-0.25, -0.2) is 4.79 Å². The molecule has 2 atom stereocenters. The van der Waals surface area contributed by atoms with Gasteiger partial charge in [0.2, 0.25) is 0 Å². The molecule has 1 aliphatic carbocycles. The molecule has 1 aromatic rings. The number of rotatable bonds is 6. The second kappa shape index (κ2) is 8.42. The Hall–Kier alpha value is -1.98. The summed E-state index contributed by atoms with van der Waals surface area (Å²) in [4.78, 5) is 14.2. The van der Waals surface area contributed by atoms with Gasteiger partial charge in [0.15, 0.2) is 5.60 Å². The van der Waals surface area contributed by atoms with E-state index in [-0.39, 0.29) is 0 Å². The summed E-state index contributed by atoms with van der Waals surface area (Å²) in [5, 5.41) is 14.8. The first-order chi connectivity index (χ1) is 15.1. The summed E-state index contributed by atoms with van der Waals surface area (Å²) in [6.07, 6.45) is 4.64. The number of hydrogen-bond donors (Lipinski definition) is 2. The van der Waals surface area contributed by atoms with Crippen LogP contribution < -0.4 is 5.32 Å². The number of fused-ring (bicyclic) bond motifs is 2. The molecule has 2 aliphatic heterocycles. The van der Waals surface area contributed by atoms with E-state index in [9.17, 15) is 9.90 Å². The van der Waals surface area contributed by atoms with E-state index < -0.39 is 17.2 Å². The topological polar surface area (TPSA) is 58.6 Å². The van der Waals surface area contributed by atoms with Crippen molar-refractivity contribution >= 4 is 23.3 Å². The lowest BCUT2D eigenvalue weighted by Crippen LogP contribution is -2.50. The van der Waals surface area contributed by atoms with Crippen molar-refractivity contribution in [1.29, 1.82) is 0 Å². The smallest absolute Gasteiger partial charge is 0.340 e. The fourth-order valence-electron chi connectivity index (χ4n) is 5.31. The van der Waals surface area contributed by atoms with E-state index in [1.54, 1.807) is 0 Å². The summed E-state index contributed by atoms with van der Waals surface area (Å²) in [7, 11) is 0. The highest BCUT2D eigenvalue weighted by atomic mass is 32.2. The van der Waals surface area contributed by atoms with Gasteiger partial charge in [0.05, 0.1) is 11.3 Å². The average Bonchev–Trinajstić information content (AvgIpc) is 3.28. The number of thioether (sulfide) groups is 1. The number of carboxylic acids is 1. The van der Waals surface area contributed by atoms with Crippen molar-refractivity contribution in [3.63, 3.8) is 0 Å². The van der Waals surface area contributed by atoms with Crippen LogP contribution in [0.5, 0.6) is 0 Å². The Bertz CT molecular complexity index is 1030. The normalized spacial score (nSPS) is 22.6. The van der Waals surface area contributed by atoms with Gasteiger partial charge in [-0.2, -0.15) is 0 Å². The van der Waals surface area contributed by atoms with Crippen LogP contribution in [0.2, 0.25) is 0 Å². The Kier molecular flexibility index (Phi) is 6.10. The van der Waals surface area contributed by atoms with E-state index >= 15 is 0 Å². The van der Waals surface area contributed by atoms with Gasteiger partial charge in [-0.15, -0.1) is 11.8 Å². The monoisotopic (exact) mass is 453 g/mol. The molecule has 3 aliphatic rings. The van der Waals surface area contributed by atoms with Crippen LogP contribution in [-0.2, 0) is 9.53 Å². The van der Waals surface area contributed by atoms with E-state index in [1.165, 1.54) is 34.6 Å². The Balaban J connectivity index is 2.00. The molecule has 1 aromatic carbocycles. The molecule has 0 saturated heterocycles. The number of carbonyl (C=O) groups is 1. The quantitative estimate of drug-likeness (QED) is 0.510. The van der Waals surface area contributed by atoms with Crippen LogP contribution in [0.15, 0.2) is 51.7 Å². The standard InChI is InChI=1S/C27H35NO3S/c1-7-15-27(25(29)30,31-26(4,5)6)22-17(3)28-23-19-9-8-10-20(19)32-24(23)21(22)18-13-11-16(2)12-14-18/h11-14,20,28H,7-10,15H2,1-6H3,(H,29,30). The fourth-order valence-corrected chi connectivity index (χ4v) is 6.89. The van der Waals surface area contributed by atoms with Gasteiger partial charge in [0.1, 0.15) is 0 Å². The highest BCUT2D eigenvalue weighted by Gasteiger charge is 2.51. The first-order valence-electron chi connectivity index (χ1n) is 11.7. The maximum absolute atomic E-state index is 13.0. The summed E-state index contributed by atoms with van der Waals surface area (Å²) >= 11 is 1.90. The van der Waals surface area contributed by atoms with Gasteiger partial charge >= 0.3 is 5.97 Å². The second-order valence-corrected chi connectivity index (χ2v) is 11.4. The van der Waals surface area contributed by atoms with E-state index in [4.69, 9.17) is 4.74 Å². The van der Waals surface area contributed by atoms with E-state index in [0.717, 1.165) is 28.8 Å². The number of carboxylic acid groups (broad SMARTS) is 1. The van der Waals surface area contributed by atoms with Gasteiger partial charge in [-0.1, -0.05) is 43.2 Å². The minimum atomic E-state index is -1.42. The molecule has 172 valence electrons. The molecule has 0 aromatic heterocycles. The maximum Gasteiger partial charge on any atom is 0.340 e. The maximum atomic E-state index is 13.0. The molecule has 5 heteroatoms. The van der Waals surface area contributed by atoms with E-state index in [0.29, 0.717) is 18.1 Å². The predicted molar refractivity (Wildman–Crippen MR) is 132 cm³/mol. The molecule has 1 fully saturated rings. The molecule has 0 radical (unpaired) electrons. The van der Waals surface area contributed by atoms with Gasteiger partial charge in [0, 0.05) is 27.0 Å². The molecule has 2 N–H and O–H groups in total. The predicted octanol–water partition coefficient (Wildman–Crippen LogP) is 6.58. The lowest BCUT2D eigenvalue weighted by molar-refractivity contribution is -0.177. The van der Waals surface area contributed by atoms with Gasteiger partial charge in [-0.3, -0.25) is 0 Å². The largest absolute Gasteiger partial charge is 0.479 e. The van der Waals surface area contributed by atoms with Crippen molar-refractivity contribution < 1.29 is 14.6 Å². The number of nitrogens with one attached hydrogen (secondary N) is 1. The number of benzene rings is 1. The molecule has 0 spiro atoms. The van der Waals surface area contributed by atoms with Crippen LogP contribution in [0.4, 0.5) is 0 Å². The molecule has 1 saturated carbocycles. The van der Waals surface area contributed by atoms with Crippen LogP contribution in [-0.4, -0.2) is 27.5 Å². The Morgan fingerprint density at radius 1 is 1.22 bits per heavy atom. The highest BCUT2D eigenvalue weighted by molar-refractivity contribution is 8.04. The average molecular weight is 454 g/mol. The molecule has 32 heavy (non-hydrogen) atoms. The molecule has 4 rings (SSSR count). The van der Waals surface area contributed by atoms with Gasteiger partial charge in [-0.05, 0) is 71.4 Å². The van der Waals surface area contributed by atoms with Crippen molar-refractivity contribution in [3.8, 4) is 0 Å². The summed E-state index contributed by atoms with van der Waals surface area (Å²) in [5.74, 6) is -0.921. The summed E-state index contributed by atoms with van der Waals surface area (Å²) in [5.41, 5.74) is 5.61. The Morgan fingerprint density at radius 3 is 2.50 bits per heavy atom. The van der Waals surface area contributed by atoms with Crippen LogP contribution in [0.3, 0.4) is 0 Å². The zero-order valence-corrected chi connectivity index (χ0v) is 20.9. The number of aryl methyl sites for hydroxylation is 1. The number of hydrogen-bond acceptors (Lipinski definition) is 4. The van der Waals surface area contributed by atoms with Gasteiger partial charge < -0.3 is 15.2 Å². The molecular weight excluding hydrogens is 418 g/mol. The fraction of sp³-hybridized carbons (Fsp3) is 0.519. The third-order valence-electron chi connectivity index (χ3n) is 6.45.